The number of amides is 3. The van der Waals surface area contributed by atoms with Gasteiger partial charge in [0.25, 0.3) is 0 Å². The maximum atomic E-state index is 12.2. The Balaban J connectivity index is 1.82. The molecule has 0 bridgehead atoms. The van der Waals surface area contributed by atoms with E-state index in [-0.39, 0.29) is 31.2 Å². The van der Waals surface area contributed by atoms with E-state index in [0.29, 0.717) is 5.56 Å². The molecule has 0 radical (unpaired) electrons. The first kappa shape index (κ1) is 21.6. The van der Waals surface area contributed by atoms with Crippen LogP contribution >= 0.6 is 0 Å². The number of carbonyl (C=O) groups excluding carboxylic acids is 3. The summed E-state index contributed by atoms with van der Waals surface area (Å²) in [5, 5.41) is 14.2. The van der Waals surface area contributed by atoms with Crippen LogP contribution in [0.5, 0.6) is 0 Å². The summed E-state index contributed by atoms with van der Waals surface area (Å²) in [7, 11) is 0. The van der Waals surface area contributed by atoms with Gasteiger partial charge in [0.15, 0.2) is 0 Å². The maximum absolute atomic E-state index is 12.2. The van der Waals surface area contributed by atoms with Crippen molar-refractivity contribution in [3.63, 3.8) is 0 Å². The molecule has 0 heterocycles. The molecule has 150 valence electrons. The minimum absolute atomic E-state index is 0.00531. The second kappa shape index (κ2) is 10.6. The second-order valence-electron chi connectivity index (χ2n) is 6.74. The Morgan fingerprint density at radius 2 is 1.55 bits per heavy atom. The predicted octanol–water partition coefficient (Wildman–Crippen LogP) is 1.73. The fourth-order valence-corrected chi connectivity index (χ4v) is 2.81. The van der Waals surface area contributed by atoms with Gasteiger partial charge in [-0.3, -0.25) is 14.4 Å². The van der Waals surface area contributed by atoms with E-state index in [4.69, 9.17) is 11.0 Å². The van der Waals surface area contributed by atoms with Crippen LogP contribution in [0.1, 0.15) is 42.5 Å². The van der Waals surface area contributed by atoms with Crippen molar-refractivity contribution in [2.75, 3.05) is 0 Å². The van der Waals surface area contributed by atoms with Gasteiger partial charge in [0.05, 0.1) is 17.7 Å². The summed E-state index contributed by atoms with van der Waals surface area (Å²) in [5.41, 5.74) is 7.63. The van der Waals surface area contributed by atoms with Crippen LogP contribution in [-0.4, -0.2) is 23.8 Å². The van der Waals surface area contributed by atoms with Crippen molar-refractivity contribution in [2.45, 2.75) is 38.3 Å². The van der Waals surface area contributed by atoms with Gasteiger partial charge in [0.2, 0.25) is 17.7 Å². The maximum Gasteiger partial charge on any atom is 0.240 e. The lowest BCUT2D eigenvalue weighted by Crippen LogP contribution is -2.46. The zero-order valence-corrected chi connectivity index (χ0v) is 16.2. The smallest absolute Gasteiger partial charge is 0.240 e. The molecule has 0 aliphatic carbocycles. The third-order valence-electron chi connectivity index (χ3n) is 4.46. The Bertz CT molecular complexity index is 889. The van der Waals surface area contributed by atoms with Crippen molar-refractivity contribution in [3.05, 3.63) is 71.3 Å². The number of rotatable bonds is 9. The summed E-state index contributed by atoms with van der Waals surface area (Å²) < 4.78 is 0. The molecule has 0 spiro atoms. The van der Waals surface area contributed by atoms with Crippen molar-refractivity contribution in [1.82, 2.24) is 10.6 Å². The minimum atomic E-state index is -0.887. The van der Waals surface area contributed by atoms with Crippen LogP contribution in [0.3, 0.4) is 0 Å². The monoisotopic (exact) mass is 392 g/mol. The molecule has 2 aromatic rings. The van der Waals surface area contributed by atoms with Crippen LogP contribution in [0.15, 0.2) is 54.6 Å². The normalized spacial score (nSPS) is 12.3. The molecule has 4 N–H and O–H groups in total. The summed E-state index contributed by atoms with van der Waals surface area (Å²) in [4.78, 5) is 35.9. The number of nitrogens with one attached hydrogen (secondary N) is 2. The van der Waals surface area contributed by atoms with Crippen LogP contribution in [-0.2, 0) is 20.8 Å². The molecule has 7 heteroatoms. The second-order valence-corrected chi connectivity index (χ2v) is 6.74. The zero-order chi connectivity index (χ0) is 21.2. The van der Waals surface area contributed by atoms with Gasteiger partial charge in [0.1, 0.15) is 6.04 Å². The van der Waals surface area contributed by atoms with E-state index in [9.17, 15) is 14.4 Å². The molecule has 0 saturated heterocycles. The van der Waals surface area contributed by atoms with E-state index in [1.54, 1.807) is 24.3 Å². The van der Waals surface area contributed by atoms with Crippen LogP contribution < -0.4 is 16.4 Å². The molecule has 0 saturated carbocycles. The third kappa shape index (κ3) is 7.11. The van der Waals surface area contributed by atoms with Gasteiger partial charge in [-0.05, 0) is 30.2 Å². The van der Waals surface area contributed by atoms with Gasteiger partial charge in [0, 0.05) is 19.3 Å². The topological polar surface area (TPSA) is 125 Å². The average Bonchev–Trinajstić information content (AvgIpc) is 2.72. The highest BCUT2D eigenvalue weighted by Gasteiger charge is 2.19. The molecular weight excluding hydrogens is 368 g/mol. The fraction of sp³-hybridized carbons (Fsp3) is 0.273. The Labute approximate surface area is 169 Å². The van der Waals surface area contributed by atoms with Crippen molar-refractivity contribution >= 4 is 17.7 Å². The first-order valence-electron chi connectivity index (χ1n) is 9.31. The van der Waals surface area contributed by atoms with Crippen molar-refractivity contribution in [3.8, 4) is 6.07 Å². The largest absolute Gasteiger partial charge is 0.368 e. The van der Waals surface area contributed by atoms with Crippen LogP contribution in [0.25, 0.3) is 0 Å². The summed E-state index contributed by atoms with van der Waals surface area (Å²) >= 11 is 0. The number of primary amides is 1. The average molecular weight is 392 g/mol. The molecule has 2 rings (SSSR count). The van der Waals surface area contributed by atoms with Gasteiger partial charge in [-0.1, -0.05) is 42.5 Å². The molecular formula is C22H24N4O3. The van der Waals surface area contributed by atoms with Gasteiger partial charge in [-0.2, -0.15) is 5.26 Å². The molecule has 0 aliphatic heterocycles. The van der Waals surface area contributed by atoms with Gasteiger partial charge >= 0.3 is 0 Å². The molecule has 0 aliphatic rings. The van der Waals surface area contributed by atoms with E-state index in [1.165, 1.54) is 0 Å². The van der Waals surface area contributed by atoms with Crippen molar-refractivity contribution in [2.24, 2.45) is 5.73 Å². The predicted molar refractivity (Wildman–Crippen MR) is 108 cm³/mol. The summed E-state index contributed by atoms with van der Waals surface area (Å²) in [6.07, 6.45) is 0.167. The van der Waals surface area contributed by atoms with E-state index in [1.807, 2.05) is 43.3 Å². The number of nitrogens with zero attached hydrogens (tertiary/aromatic N) is 1. The summed E-state index contributed by atoms with van der Waals surface area (Å²) in [5.74, 6) is -1.34. The minimum Gasteiger partial charge on any atom is -0.368 e. The number of hydrogen-bond donors (Lipinski definition) is 3. The zero-order valence-electron chi connectivity index (χ0n) is 16.2. The van der Waals surface area contributed by atoms with Crippen LogP contribution in [0.2, 0.25) is 0 Å². The van der Waals surface area contributed by atoms with Gasteiger partial charge in [-0.15, -0.1) is 0 Å². The molecule has 7 nitrogen and oxygen atoms in total. The van der Waals surface area contributed by atoms with Gasteiger partial charge < -0.3 is 16.4 Å². The highest BCUT2D eigenvalue weighted by Crippen LogP contribution is 2.11. The lowest BCUT2D eigenvalue weighted by molar-refractivity contribution is -0.129. The van der Waals surface area contributed by atoms with Crippen molar-refractivity contribution < 1.29 is 14.4 Å². The number of benzene rings is 2. The van der Waals surface area contributed by atoms with Gasteiger partial charge in [-0.25, -0.2) is 0 Å². The molecule has 0 unspecified atom stereocenters. The first-order chi connectivity index (χ1) is 13.9. The standard InChI is InChI=1S/C22H24N4O3/c1-15(18-5-3-2-4-6-18)25-20(27)11-12-21(28)26-19(22(24)29)13-16-7-9-17(14-23)10-8-16/h2-10,15,19H,11-13H2,1H3,(H2,24,29)(H,25,27)(H,26,28)/t15-,19-/m1/s1. The molecule has 3 amide bonds. The van der Waals surface area contributed by atoms with Crippen LogP contribution in [0.4, 0.5) is 0 Å². The van der Waals surface area contributed by atoms with Crippen molar-refractivity contribution in [1.29, 1.82) is 5.26 Å². The number of nitriles is 1. The Morgan fingerprint density at radius 3 is 2.10 bits per heavy atom. The summed E-state index contributed by atoms with van der Waals surface area (Å²) in [6, 6.07) is 17.2. The molecule has 2 atom stereocenters. The molecule has 29 heavy (non-hydrogen) atoms. The SMILES string of the molecule is C[C@@H](NC(=O)CCC(=O)N[C@H](Cc1ccc(C#N)cc1)C(N)=O)c1ccccc1. The highest BCUT2D eigenvalue weighted by molar-refractivity contribution is 5.88. The Hall–Kier alpha value is -3.66. The number of carbonyl (C=O) groups is 3. The first-order valence-corrected chi connectivity index (χ1v) is 9.31. The van der Waals surface area contributed by atoms with E-state index < -0.39 is 17.9 Å². The van der Waals surface area contributed by atoms with Crippen LogP contribution in [0, 0.1) is 11.3 Å². The molecule has 0 fully saturated rings. The van der Waals surface area contributed by atoms with E-state index >= 15 is 0 Å². The highest BCUT2D eigenvalue weighted by atomic mass is 16.2. The third-order valence-corrected chi connectivity index (χ3v) is 4.46. The number of nitrogens with two attached hydrogens (primary N) is 1. The molecule has 2 aromatic carbocycles. The van der Waals surface area contributed by atoms with E-state index in [0.717, 1.165) is 11.1 Å². The lowest BCUT2D eigenvalue weighted by Gasteiger charge is -2.16. The Kier molecular flexibility index (Phi) is 7.92. The van der Waals surface area contributed by atoms with E-state index in [2.05, 4.69) is 10.6 Å². The summed E-state index contributed by atoms with van der Waals surface area (Å²) in [6.45, 7) is 1.87. The lowest BCUT2D eigenvalue weighted by atomic mass is 10.0. The molecule has 0 aromatic heterocycles. The Morgan fingerprint density at radius 1 is 0.966 bits per heavy atom. The fourth-order valence-electron chi connectivity index (χ4n) is 2.81. The quantitative estimate of drug-likeness (QED) is 0.601. The number of hydrogen-bond acceptors (Lipinski definition) is 4.